The first kappa shape index (κ1) is 17.0. The van der Waals surface area contributed by atoms with Crippen LogP contribution in [0.5, 0.6) is 5.75 Å². The fourth-order valence-electron chi connectivity index (χ4n) is 3.99. The molecule has 0 bridgehead atoms. The van der Waals surface area contributed by atoms with Crippen LogP contribution in [0.2, 0.25) is 0 Å². The lowest BCUT2D eigenvalue weighted by atomic mass is 9.81. The normalized spacial score (nSPS) is 21.0. The molecule has 2 atom stereocenters. The Labute approximate surface area is 154 Å². The van der Waals surface area contributed by atoms with Gasteiger partial charge in [0.2, 0.25) is 0 Å². The third-order valence-electron chi connectivity index (χ3n) is 5.42. The van der Waals surface area contributed by atoms with Gasteiger partial charge in [-0.15, -0.1) is 0 Å². The molecule has 1 saturated heterocycles. The second-order valence-electron chi connectivity index (χ2n) is 7.29. The van der Waals surface area contributed by atoms with Crippen molar-refractivity contribution in [2.75, 3.05) is 26.7 Å². The number of rotatable bonds is 4. The van der Waals surface area contributed by atoms with Gasteiger partial charge in [0, 0.05) is 12.5 Å². The molecule has 26 heavy (non-hydrogen) atoms. The maximum absolute atomic E-state index is 13.3. The lowest BCUT2D eigenvalue weighted by Crippen LogP contribution is -2.39. The van der Waals surface area contributed by atoms with E-state index in [-0.39, 0.29) is 5.82 Å². The Morgan fingerprint density at radius 2 is 1.77 bits per heavy atom. The lowest BCUT2D eigenvalue weighted by Gasteiger charge is -2.37. The molecule has 3 aromatic rings. The molecule has 3 heteroatoms. The Morgan fingerprint density at radius 3 is 2.58 bits per heavy atom. The molecule has 1 aliphatic rings. The average Bonchev–Trinajstić information content (AvgIpc) is 2.67. The summed E-state index contributed by atoms with van der Waals surface area (Å²) in [5, 5.41) is 2.42. The minimum absolute atomic E-state index is 0.175. The van der Waals surface area contributed by atoms with Crippen LogP contribution in [0.25, 0.3) is 10.8 Å². The van der Waals surface area contributed by atoms with Crippen molar-refractivity contribution in [3.05, 3.63) is 78.1 Å². The highest BCUT2D eigenvalue weighted by Crippen LogP contribution is 2.33. The van der Waals surface area contributed by atoms with Gasteiger partial charge in [-0.1, -0.05) is 42.5 Å². The zero-order valence-electron chi connectivity index (χ0n) is 15.1. The van der Waals surface area contributed by atoms with Crippen molar-refractivity contribution < 1.29 is 9.13 Å². The number of piperidine rings is 1. The topological polar surface area (TPSA) is 12.5 Å². The van der Waals surface area contributed by atoms with Gasteiger partial charge >= 0.3 is 0 Å². The molecule has 1 heterocycles. The number of hydrogen-bond donors (Lipinski definition) is 0. The van der Waals surface area contributed by atoms with Gasteiger partial charge in [0.25, 0.3) is 0 Å². The third kappa shape index (κ3) is 3.73. The van der Waals surface area contributed by atoms with Crippen LogP contribution < -0.4 is 4.74 Å². The minimum atomic E-state index is -0.175. The summed E-state index contributed by atoms with van der Waals surface area (Å²) in [7, 11) is 2.16. The summed E-state index contributed by atoms with van der Waals surface area (Å²) < 4.78 is 19.5. The molecule has 0 aromatic heterocycles. The SMILES string of the molecule is CN1CC[C@@H](c2ccc(F)cc2)[C@H](COc2ccc3ccccc3c2)C1. The number of nitrogens with zero attached hydrogens (tertiary/aromatic N) is 1. The van der Waals surface area contributed by atoms with Crippen LogP contribution in [0, 0.1) is 11.7 Å². The smallest absolute Gasteiger partial charge is 0.123 e. The van der Waals surface area contributed by atoms with Crippen molar-refractivity contribution >= 4 is 10.8 Å². The summed E-state index contributed by atoms with van der Waals surface area (Å²) in [6, 6.07) is 21.6. The van der Waals surface area contributed by atoms with Gasteiger partial charge in [-0.3, -0.25) is 0 Å². The number of halogens is 1. The summed E-state index contributed by atoms with van der Waals surface area (Å²) in [4.78, 5) is 2.36. The summed E-state index contributed by atoms with van der Waals surface area (Å²) in [6.45, 7) is 2.73. The number of likely N-dealkylation sites (tertiary alicyclic amines) is 1. The van der Waals surface area contributed by atoms with E-state index >= 15 is 0 Å². The predicted octanol–water partition coefficient (Wildman–Crippen LogP) is 5.09. The van der Waals surface area contributed by atoms with Crippen LogP contribution in [0.3, 0.4) is 0 Å². The molecule has 0 spiro atoms. The zero-order chi connectivity index (χ0) is 17.9. The summed E-state index contributed by atoms with van der Waals surface area (Å²) in [5.74, 6) is 1.54. The molecule has 0 amide bonds. The van der Waals surface area contributed by atoms with E-state index in [9.17, 15) is 4.39 Å². The zero-order valence-corrected chi connectivity index (χ0v) is 15.1. The number of hydrogen-bond acceptors (Lipinski definition) is 2. The summed E-state index contributed by atoms with van der Waals surface area (Å²) >= 11 is 0. The second kappa shape index (κ2) is 7.46. The van der Waals surface area contributed by atoms with Gasteiger partial charge in [0.05, 0.1) is 6.61 Å². The van der Waals surface area contributed by atoms with Gasteiger partial charge in [-0.2, -0.15) is 0 Å². The first-order chi connectivity index (χ1) is 12.7. The van der Waals surface area contributed by atoms with Crippen molar-refractivity contribution in [3.63, 3.8) is 0 Å². The molecule has 0 radical (unpaired) electrons. The Balaban J connectivity index is 1.50. The Bertz CT molecular complexity index is 877. The Kier molecular flexibility index (Phi) is 4.89. The molecule has 0 unspecified atom stereocenters. The van der Waals surface area contributed by atoms with Gasteiger partial charge < -0.3 is 9.64 Å². The average molecular weight is 349 g/mol. The van der Waals surface area contributed by atoms with Crippen LogP contribution in [0.4, 0.5) is 4.39 Å². The summed E-state index contributed by atoms with van der Waals surface area (Å²) in [5.41, 5.74) is 1.21. The molecule has 1 fully saturated rings. The first-order valence-electron chi connectivity index (χ1n) is 9.24. The Hall–Kier alpha value is -2.39. The molecule has 1 aliphatic heterocycles. The van der Waals surface area contributed by atoms with Gasteiger partial charge in [0.15, 0.2) is 0 Å². The van der Waals surface area contributed by atoms with E-state index < -0.39 is 0 Å². The largest absolute Gasteiger partial charge is 0.493 e. The van der Waals surface area contributed by atoms with Crippen molar-refractivity contribution in [1.82, 2.24) is 4.90 Å². The Morgan fingerprint density at radius 1 is 1.00 bits per heavy atom. The van der Waals surface area contributed by atoms with Crippen molar-refractivity contribution in [1.29, 1.82) is 0 Å². The molecular weight excluding hydrogens is 325 g/mol. The van der Waals surface area contributed by atoms with Gasteiger partial charge in [0.1, 0.15) is 11.6 Å². The van der Waals surface area contributed by atoms with Crippen LogP contribution in [0.15, 0.2) is 66.7 Å². The molecule has 2 nitrogen and oxygen atoms in total. The monoisotopic (exact) mass is 349 g/mol. The van der Waals surface area contributed by atoms with Crippen molar-refractivity contribution in [3.8, 4) is 5.75 Å². The second-order valence-corrected chi connectivity index (χ2v) is 7.29. The molecule has 0 saturated carbocycles. The highest BCUT2D eigenvalue weighted by Gasteiger charge is 2.29. The molecule has 134 valence electrons. The van der Waals surface area contributed by atoms with Crippen LogP contribution >= 0.6 is 0 Å². The maximum Gasteiger partial charge on any atom is 0.123 e. The van der Waals surface area contributed by atoms with Gasteiger partial charge in [-0.25, -0.2) is 4.39 Å². The van der Waals surface area contributed by atoms with E-state index in [0.29, 0.717) is 18.4 Å². The number of ether oxygens (including phenoxy) is 1. The third-order valence-corrected chi connectivity index (χ3v) is 5.42. The molecule has 0 N–H and O–H groups in total. The van der Waals surface area contributed by atoms with Crippen LogP contribution in [0.1, 0.15) is 17.9 Å². The van der Waals surface area contributed by atoms with Gasteiger partial charge in [-0.05, 0) is 66.5 Å². The van der Waals surface area contributed by atoms with E-state index in [1.807, 2.05) is 30.3 Å². The van der Waals surface area contributed by atoms with Crippen LogP contribution in [-0.2, 0) is 0 Å². The lowest BCUT2D eigenvalue weighted by molar-refractivity contribution is 0.129. The number of fused-ring (bicyclic) bond motifs is 1. The minimum Gasteiger partial charge on any atom is -0.493 e. The standard InChI is InChI=1S/C23H24FNO/c1-25-13-12-23(18-6-9-21(24)10-7-18)20(15-25)16-26-22-11-8-17-4-2-3-5-19(17)14-22/h2-11,14,20,23H,12-13,15-16H2,1H3/t20-,23-/m0/s1. The first-order valence-corrected chi connectivity index (χ1v) is 9.24. The van der Waals surface area contributed by atoms with Crippen molar-refractivity contribution in [2.24, 2.45) is 5.92 Å². The fraction of sp³-hybridized carbons (Fsp3) is 0.304. The molecule has 0 aliphatic carbocycles. The van der Waals surface area contributed by atoms with E-state index in [1.54, 1.807) is 12.1 Å². The van der Waals surface area contributed by atoms with E-state index in [4.69, 9.17) is 4.74 Å². The van der Waals surface area contributed by atoms with Crippen molar-refractivity contribution in [2.45, 2.75) is 12.3 Å². The highest BCUT2D eigenvalue weighted by molar-refractivity contribution is 5.83. The predicted molar refractivity (Wildman–Crippen MR) is 104 cm³/mol. The van der Waals surface area contributed by atoms with E-state index in [0.717, 1.165) is 25.3 Å². The van der Waals surface area contributed by atoms with E-state index in [2.05, 4.69) is 36.2 Å². The van der Waals surface area contributed by atoms with E-state index in [1.165, 1.54) is 16.3 Å². The summed E-state index contributed by atoms with van der Waals surface area (Å²) in [6.07, 6.45) is 1.08. The molecule has 4 rings (SSSR count). The quantitative estimate of drug-likeness (QED) is 0.650. The van der Waals surface area contributed by atoms with Crippen LogP contribution in [-0.4, -0.2) is 31.6 Å². The molecule has 3 aromatic carbocycles. The number of benzene rings is 3. The highest BCUT2D eigenvalue weighted by atomic mass is 19.1. The fourth-order valence-corrected chi connectivity index (χ4v) is 3.99. The molecular formula is C23H24FNO. The maximum atomic E-state index is 13.3.